The molecule has 1 N–H and O–H groups in total. The number of aryl methyl sites for hydroxylation is 2. The van der Waals surface area contributed by atoms with E-state index in [1.807, 2.05) is 6.92 Å². The molecule has 1 heterocycles. The number of rotatable bonds is 6. The molecule has 0 aliphatic carbocycles. The summed E-state index contributed by atoms with van der Waals surface area (Å²) in [4.78, 5) is 16.0. The first kappa shape index (κ1) is 13.6. The smallest absolute Gasteiger partial charge is 0.266 e. The monoisotopic (exact) mass is 335 g/mol. The van der Waals surface area contributed by atoms with E-state index in [1.54, 1.807) is 10.9 Å². The minimum atomic E-state index is 0.0801. The Balaban J connectivity index is 2.49. The van der Waals surface area contributed by atoms with Crippen LogP contribution in [0.3, 0.4) is 0 Å². The van der Waals surface area contributed by atoms with Crippen molar-refractivity contribution in [1.29, 1.82) is 0 Å². The highest BCUT2D eigenvalue weighted by molar-refractivity contribution is 14.1. The summed E-state index contributed by atoms with van der Waals surface area (Å²) >= 11 is 2.06. The van der Waals surface area contributed by atoms with E-state index < -0.39 is 0 Å². The molecule has 0 bridgehead atoms. The van der Waals surface area contributed by atoms with Gasteiger partial charge in [-0.3, -0.25) is 9.36 Å². The van der Waals surface area contributed by atoms with E-state index in [-0.39, 0.29) is 5.56 Å². The molecular formula is C11H18IN3O. The predicted molar refractivity (Wildman–Crippen MR) is 73.7 cm³/mol. The van der Waals surface area contributed by atoms with Crippen molar-refractivity contribution < 1.29 is 0 Å². The maximum Gasteiger partial charge on any atom is 0.266 e. The van der Waals surface area contributed by atoms with Crippen LogP contribution in [0.5, 0.6) is 0 Å². The van der Waals surface area contributed by atoms with Gasteiger partial charge in [0.1, 0.15) is 0 Å². The van der Waals surface area contributed by atoms with Gasteiger partial charge >= 0.3 is 0 Å². The van der Waals surface area contributed by atoms with Gasteiger partial charge in [-0.15, -0.1) is 0 Å². The Hall–Kier alpha value is -0.430. The summed E-state index contributed by atoms with van der Waals surface area (Å²) in [7, 11) is 0. The number of unbranched alkanes of at least 4 members (excludes halogenated alkanes) is 1. The topological polar surface area (TPSA) is 46.9 Å². The molecule has 5 heteroatoms. The van der Waals surface area contributed by atoms with E-state index in [0.717, 1.165) is 41.7 Å². The molecule has 16 heavy (non-hydrogen) atoms. The Bertz CT molecular complexity index is 389. The third kappa shape index (κ3) is 3.86. The van der Waals surface area contributed by atoms with Crippen molar-refractivity contribution >= 4 is 22.6 Å². The van der Waals surface area contributed by atoms with E-state index in [2.05, 4.69) is 39.8 Å². The number of hydrogen-bond acceptors (Lipinski definition) is 3. The highest BCUT2D eigenvalue weighted by Gasteiger charge is 2.04. The van der Waals surface area contributed by atoms with Gasteiger partial charge in [0.25, 0.3) is 5.56 Å². The maximum atomic E-state index is 11.8. The summed E-state index contributed by atoms with van der Waals surface area (Å²) < 4.78 is 2.42. The van der Waals surface area contributed by atoms with Crippen LogP contribution in [0, 0.1) is 10.5 Å². The average Bonchev–Trinajstić information content (AvgIpc) is 2.28. The van der Waals surface area contributed by atoms with Crippen LogP contribution >= 0.6 is 22.6 Å². The molecule has 1 aromatic rings. The van der Waals surface area contributed by atoms with Crippen molar-refractivity contribution in [3.05, 3.63) is 25.9 Å². The van der Waals surface area contributed by atoms with Gasteiger partial charge in [0.05, 0.1) is 15.6 Å². The van der Waals surface area contributed by atoms with Crippen LogP contribution in [0.25, 0.3) is 0 Å². The lowest BCUT2D eigenvalue weighted by Gasteiger charge is -2.06. The van der Waals surface area contributed by atoms with Crippen LogP contribution < -0.4 is 10.9 Å². The summed E-state index contributed by atoms with van der Waals surface area (Å²) in [5.74, 6) is 0. The molecule has 0 amide bonds. The second-order valence-corrected chi connectivity index (χ2v) is 4.78. The van der Waals surface area contributed by atoms with Gasteiger partial charge < -0.3 is 5.32 Å². The molecular weight excluding hydrogens is 317 g/mol. The third-order valence-electron chi connectivity index (χ3n) is 2.41. The molecule has 0 unspecified atom stereocenters. The Morgan fingerprint density at radius 1 is 1.50 bits per heavy atom. The fourth-order valence-corrected chi connectivity index (χ4v) is 1.86. The Labute approximate surface area is 110 Å². The lowest BCUT2D eigenvalue weighted by molar-refractivity contribution is 0.558. The third-order valence-corrected chi connectivity index (χ3v) is 3.65. The zero-order valence-corrected chi connectivity index (χ0v) is 12.0. The lowest BCUT2D eigenvalue weighted by atomic mass is 10.3. The van der Waals surface area contributed by atoms with Crippen molar-refractivity contribution in [1.82, 2.24) is 14.9 Å². The zero-order chi connectivity index (χ0) is 12.0. The molecule has 90 valence electrons. The highest BCUT2D eigenvalue weighted by atomic mass is 127. The minimum Gasteiger partial charge on any atom is -0.317 e. The van der Waals surface area contributed by atoms with Gasteiger partial charge in [-0.2, -0.15) is 0 Å². The Morgan fingerprint density at radius 3 is 2.94 bits per heavy atom. The summed E-state index contributed by atoms with van der Waals surface area (Å²) in [6.45, 7) is 6.73. The second kappa shape index (κ2) is 7.01. The van der Waals surface area contributed by atoms with Crippen LogP contribution in [0.2, 0.25) is 0 Å². The molecule has 0 spiro atoms. The number of halogens is 1. The lowest BCUT2D eigenvalue weighted by Crippen LogP contribution is -2.24. The Morgan fingerprint density at radius 2 is 2.25 bits per heavy atom. The number of hydrogen-bond donors (Lipinski definition) is 1. The molecule has 0 radical (unpaired) electrons. The van der Waals surface area contributed by atoms with Gasteiger partial charge in [0, 0.05) is 6.54 Å². The SMILES string of the molecule is CCNCCCCn1cnc(C)c(I)c1=O. The normalized spacial score (nSPS) is 10.7. The van der Waals surface area contributed by atoms with E-state index in [0.29, 0.717) is 0 Å². The van der Waals surface area contributed by atoms with E-state index in [1.165, 1.54) is 0 Å². The number of aromatic nitrogens is 2. The molecule has 0 atom stereocenters. The summed E-state index contributed by atoms with van der Waals surface area (Å²) in [5, 5.41) is 3.27. The van der Waals surface area contributed by atoms with Crippen LogP contribution in [0.1, 0.15) is 25.5 Å². The number of nitrogens with zero attached hydrogens (tertiary/aromatic N) is 2. The minimum absolute atomic E-state index is 0.0801. The molecule has 0 fully saturated rings. The average molecular weight is 335 g/mol. The molecule has 0 saturated heterocycles. The summed E-state index contributed by atoms with van der Waals surface area (Å²) in [5.41, 5.74) is 0.894. The Kier molecular flexibility index (Phi) is 5.97. The van der Waals surface area contributed by atoms with Crippen LogP contribution in [-0.2, 0) is 6.54 Å². The van der Waals surface area contributed by atoms with Gasteiger partial charge in [0.15, 0.2) is 0 Å². The van der Waals surface area contributed by atoms with E-state index >= 15 is 0 Å². The van der Waals surface area contributed by atoms with Gasteiger partial charge in [-0.25, -0.2) is 4.98 Å². The van der Waals surface area contributed by atoms with Crippen molar-refractivity contribution in [3.8, 4) is 0 Å². The van der Waals surface area contributed by atoms with Gasteiger partial charge in [0.2, 0.25) is 0 Å². The largest absolute Gasteiger partial charge is 0.317 e. The first-order valence-electron chi connectivity index (χ1n) is 5.59. The molecule has 0 saturated carbocycles. The standard InChI is InChI=1S/C11H18IN3O/c1-3-13-6-4-5-7-15-8-14-9(2)10(12)11(15)16/h8,13H,3-7H2,1-2H3. The molecule has 1 rings (SSSR count). The van der Waals surface area contributed by atoms with E-state index in [4.69, 9.17) is 0 Å². The van der Waals surface area contributed by atoms with Crippen molar-refractivity contribution in [2.24, 2.45) is 0 Å². The molecule has 0 aliphatic rings. The van der Waals surface area contributed by atoms with Crippen molar-refractivity contribution in [2.45, 2.75) is 33.2 Å². The predicted octanol–water partition coefficient (Wildman–Crippen LogP) is 1.55. The quantitative estimate of drug-likeness (QED) is 0.634. The molecule has 4 nitrogen and oxygen atoms in total. The van der Waals surface area contributed by atoms with Gasteiger partial charge in [-0.1, -0.05) is 6.92 Å². The zero-order valence-electron chi connectivity index (χ0n) is 9.79. The maximum absolute atomic E-state index is 11.8. The first-order valence-corrected chi connectivity index (χ1v) is 6.67. The number of nitrogens with one attached hydrogen (secondary N) is 1. The fourth-order valence-electron chi connectivity index (χ4n) is 1.41. The molecule has 1 aromatic heterocycles. The van der Waals surface area contributed by atoms with Crippen LogP contribution in [0.4, 0.5) is 0 Å². The van der Waals surface area contributed by atoms with Crippen molar-refractivity contribution in [2.75, 3.05) is 13.1 Å². The van der Waals surface area contributed by atoms with Crippen LogP contribution in [0.15, 0.2) is 11.1 Å². The van der Waals surface area contributed by atoms with Crippen molar-refractivity contribution in [3.63, 3.8) is 0 Å². The van der Waals surface area contributed by atoms with E-state index in [9.17, 15) is 4.79 Å². The highest BCUT2D eigenvalue weighted by Crippen LogP contribution is 2.02. The molecule has 0 aliphatic heterocycles. The second-order valence-electron chi connectivity index (χ2n) is 3.70. The molecule has 0 aromatic carbocycles. The fraction of sp³-hybridized carbons (Fsp3) is 0.636. The van der Waals surface area contributed by atoms with Crippen LogP contribution in [-0.4, -0.2) is 22.6 Å². The first-order chi connectivity index (χ1) is 7.66. The summed E-state index contributed by atoms with van der Waals surface area (Å²) in [6.07, 6.45) is 3.74. The summed E-state index contributed by atoms with van der Waals surface area (Å²) in [6, 6.07) is 0. The van der Waals surface area contributed by atoms with Gasteiger partial charge in [-0.05, 0) is 55.4 Å².